The number of azo groups is 1. The highest BCUT2D eigenvalue weighted by Crippen LogP contribution is 2.25. The van der Waals surface area contributed by atoms with Crippen LogP contribution < -0.4 is 4.74 Å². The van der Waals surface area contributed by atoms with Crippen molar-refractivity contribution in [3.05, 3.63) is 72.2 Å². The average Bonchev–Trinajstić information content (AvgIpc) is 3.19. The Labute approximate surface area is 160 Å². The molecule has 0 radical (unpaired) electrons. The second kappa shape index (κ2) is 7.63. The van der Waals surface area contributed by atoms with Gasteiger partial charge in [-0.15, -0.1) is 5.11 Å². The number of hydrogen-bond donors (Lipinski definition) is 0. The van der Waals surface area contributed by atoms with Crippen molar-refractivity contribution in [2.24, 2.45) is 10.2 Å². The van der Waals surface area contributed by atoms with Crippen molar-refractivity contribution in [2.45, 2.75) is 6.54 Å². The summed E-state index contributed by atoms with van der Waals surface area (Å²) in [6.45, 7) is 0.390. The Morgan fingerprint density at radius 2 is 2.00 bits per heavy atom. The van der Waals surface area contributed by atoms with Crippen molar-refractivity contribution < 1.29 is 4.74 Å². The maximum Gasteiger partial charge on any atom is 0.188 e. The fraction of sp³-hybridized carbons (Fsp3) is 0.100. The Kier molecular flexibility index (Phi) is 4.72. The van der Waals surface area contributed by atoms with Gasteiger partial charge in [0.2, 0.25) is 0 Å². The zero-order valence-electron chi connectivity index (χ0n) is 15.0. The van der Waals surface area contributed by atoms with Crippen LogP contribution in [-0.4, -0.2) is 26.9 Å². The first-order chi connectivity index (χ1) is 13.8. The highest BCUT2D eigenvalue weighted by atomic mass is 16.5. The Balaban J connectivity index is 1.61. The van der Waals surface area contributed by atoms with Crippen LogP contribution >= 0.6 is 0 Å². The standard InChI is InChI=1S/C20H15N7O/c1-28-17-4-2-3-16(9-17)27-20-18(12-25-27)19(22-13-23-20)26-24-11-15-7-5-14(10-21)6-8-15/h2-9,12-13H,11H2,1H3. The maximum atomic E-state index is 8.85. The van der Waals surface area contributed by atoms with Gasteiger partial charge in [-0.25, -0.2) is 14.6 Å². The number of ether oxygens (including phenoxy) is 1. The van der Waals surface area contributed by atoms with Gasteiger partial charge in [-0.3, -0.25) is 0 Å². The van der Waals surface area contributed by atoms with Gasteiger partial charge >= 0.3 is 0 Å². The van der Waals surface area contributed by atoms with E-state index in [0.29, 0.717) is 29.0 Å². The van der Waals surface area contributed by atoms with Gasteiger partial charge in [-0.05, 0) is 29.8 Å². The van der Waals surface area contributed by atoms with Gasteiger partial charge in [0.05, 0.1) is 42.6 Å². The summed E-state index contributed by atoms with van der Waals surface area (Å²) in [4.78, 5) is 8.55. The van der Waals surface area contributed by atoms with E-state index >= 15 is 0 Å². The Hall–Kier alpha value is -4.12. The van der Waals surface area contributed by atoms with Crippen molar-refractivity contribution >= 4 is 16.9 Å². The molecule has 8 heteroatoms. The number of nitriles is 1. The molecule has 0 atom stereocenters. The summed E-state index contributed by atoms with van der Waals surface area (Å²) in [6, 6.07) is 16.9. The second-order valence-electron chi connectivity index (χ2n) is 5.90. The molecule has 0 aliphatic heterocycles. The van der Waals surface area contributed by atoms with Crippen LogP contribution in [0.15, 0.2) is 71.3 Å². The van der Waals surface area contributed by atoms with Gasteiger partial charge in [0.25, 0.3) is 0 Å². The summed E-state index contributed by atoms with van der Waals surface area (Å²) >= 11 is 0. The molecular weight excluding hydrogens is 354 g/mol. The molecule has 136 valence electrons. The molecule has 0 aliphatic rings. The van der Waals surface area contributed by atoms with Crippen molar-refractivity contribution in [3.63, 3.8) is 0 Å². The van der Waals surface area contributed by atoms with Crippen molar-refractivity contribution in [2.75, 3.05) is 7.11 Å². The van der Waals surface area contributed by atoms with E-state index in [2.05, 4.69) is 31.4 Å². The van der Waals surface area contributed by atoms with Gasteiger partial charge in [0.15, 0.2) is 11.5 Å². The third-order valence-electron chi connectivity index (χ3n) is 4.14. The zero-order valence-corrected chi connectivity index (χ0v) is 15.0. The molecule has 0 N–H and O–H groups in total. The third-order valence-corrected chi connectivity index (χ3v) is 4.14. The van der Waals surface area contributed by atoms with Gasteiger partial charge in [0.1, 0.15) is 12.1 Å². The molecular formula is C20H15N7O. The molecule has 0 bridgehead atoms. The first-order valence-electron chi connectivity index (χ1n) is 8.48. The largest absolute Gasteiger partial charge is 0.497 e. The molecule has 4 aromatic rings. The highest BCUT2D eigenvalue weighted by molar-refractivity contribution is 5.85. The fourth-order valence-electron chi connectivity index (χ4n) is 2.71. The van der Waals surface area contributed by atoms with Gasteiger partial charge in [-0.2, -0.15) is 15.5 Å². The minimum atomic E-state index is 0.390. The van der Waals surface area contributed by atoms with Crippen LogP contribution in [0.4, 0.5) is 5.82 Å². The average molecular weight is 369 g/mol. The van der Waals surface area contributed by atoms with Crippen molar-refractivity contribution in [3.8, 4) is 17.5 Å². The molecule has 0 amide bonds. The minimum absolute atomic E-state index is 0.390. The molecule has 0 saturated carbocycles. The summed E-state index contributed by atoms with van der Waals surface area (Å²) in [6.07, 6.45) is 3.11. The number of hydrogen-bond acceptors (Lipinski definition) is 7. The van der Waals surface area contributed by atoms with Gasteiger partial charge in [-0.1, -0.05) is 18.2 Å². The lowest BCUT2D eigenvalue weighted by Gasteiger charge is -2.05. The van der Waals surface area contributed by atoms with E-state index in [1.165, 1.54) is 6.33 Å². The lowest BCUT2D eigenvalue weighted by Crippen LogP contribution is -1.98. The van der Waals surface area contributed by atoms with Crippen LogP contribution in [0.25, 0.3) is 16.7 Å². The molecule has 0 fully saturated rings. The molecule has 2 heterocycles. The van der Waals surface area contributed by atoms with Crippen LogP contribution in [0, 0.1) is 11.3 Å². The molecule has 2 aromatic heterocycles. The smallest absolute Gasteiger partial charge is 0.188 e. The topological polar surface area (TPSA) is 101 Å². The van der Waals surface area contributed by atoms with E-state index < -0.39 is 0 Å². The molecule has 28 heavy (non-hydrogen) atoms. The Bertz CT molecular complexity index is 1190. The monoisotopic (exact) mass is 369 g/mol. The van der Waals surface area contributed by atoms with E-state index in [0.717, 1.165) is 17.0 Å². The Morgan fingerprint density at radius 1 is 1.14 bits per heavy atom. The molecule has 0 spiro atoms. The quantitative estimate of drug-likeness (QED) is 0.495. The number of nitrogens with zero attached hydrogens (tertiary/aromatic N) is 7. The molecule has 0 aliphatic carbocycles. The van der Waals surface area contributed by atoms with E-state index in [-0.39, 0.29) is 0 Å². The number of rotatable bonds is 5. The molecule has 0 unspecified atom stereocenters. The highest BCUT2D eigenvalue weighted by Gasteiger charge is 2.11. The van der Waals surface area contributed by atoms with Crippen LogP contribution in [0.3, 0.4) is 0 Å². The first-order valence-corrected chi connectivity index (χ1v) is 8.48. The van der Waals surface area contributed by atoms with Gasteiger partial charge in [0, 0.05) is 6.07 Å². The fourth-order valence-corrected chi connectivity index (χ4v) is 2.71. The summed E-state index contributed by atoms with van der Waals surface area (Å²) in [7, 11) is 1.62. The summed E-state index contributed by atoms with van der Waals surface area (Å²) in [5.41, 5.74) is 3.03. The van der Waals surface area contributed by atoms with E-state index in [1.807, 2.05) is 36.4 Å². The molecule has 0 saturated heterocycles. The van der Waals surface area contributed by atoms with Crippen molar-refractivity contribution in [1.82, 2.24) is 19.7 Å². The molecule has 2 aromatic carbocycles. The minimum Gasteiger partial charge on any atom is -0.497 e. The first kappa shape index (κ1) is 17.3. The lowest BCUT2D eigenvalue weighted by atomic mass is 10.1. The van der Waals surface area contributed by atoms with Gasteiger partial charge < -0.3 is 4.74 Å². The van der Waals surface area contributed by atoms with Crippen LogP contribution in [0.2, 0.25) is 0 Å². The van der Waals surface area contributed by atoms with Crippen LogP contribution in [0.5, 0.6) is 5.75 Å². The summed E-state index contributed by atoms with van der Waals surface area (Å²) in [5.74, 6) is 1.19. The summed E-state index contributed by atoms with van der Waals surface area (Å²) < 4.78 is 6.98. The SMILES string of the molecule is COc1cccc(-n2ncc3c(N=NCc4ccc(C#N)cc4)ncnc32)c1. The Morgan fingerprint density at radius 3 is 2.79 bits per heavy atom. The molecule has 4 rings (SSSR count). The third kappa shape index (κ3) is 3.41. The zero-order chi connectivity index (χ0) is 19.3. The number of methoxy groups -OCH3 is 1. The van der Waals surface area contributed by atoms with Crippen LogP contribution in [0.1, 0.15) is 11.1 Å². The number of fused-ring (bicyclic) bond motifs is 1. The molecule has 8 nitrogen and oxygen atoms in total. The van der Waals surface area contributed by atoms with E-state index in [9.17, 15) is 0 Å². The maximum absolute atomic E-state index is 8.85. The summed E-state index contributed by atoms with van der Waals surface area (Å²) in [5, 5.41) is 22.4. The van der Waals surface area contributed by atoms with E-state index in [1.54, 1.807) is 30.1 Å². The normalized spacial score (nSPS) is 11.0. The lowest BCUT2D eigenvalue weighted by molar-refractivity contribution is 0.414. The van der Waals surface area contributed by atoms with E-state index in [4.69, 9.17) is 10.00 Å². The van der Waals surface area contributed by atoms with Crippen molar-refractivity contribution in [1.29, 1.82) is 5.26 Å². The van der Waals surface area contributed by atoms with Crippen LogP contribution in [-0.2, 0) is 6.54 Å². The predicted octanol–water partition coefficient (Wildman–Crippen LogP) is 3.98. The predicted molar refractivity (Wildman–Crippen MR) is 103 cm³/mol. The second-order valence-corrected chi connectivity index (χ2v) is 5.90. The number of benzene rings is 2. The number of aromatic nitrogens is 4.